The fourth-order valence-electron chi connectivity index (χ4n) is 1.63. The van der Waals surface area contributed by atoms with Crippen molar-refractivity contribution in [2.45, 2.75) is 24.2 Å². The predicted octanol–water partition coefficient (Wildman–Crippen LogP) is 1.37. The Morgan fingerprint density at radius 1 is 1.43 bits per heavy atom. The van der Waals surface area contributed by atoms with Gasteiger partial charge in [-0.05, 0) is 31.0 Å². The van der Waals surface area contributed by atoms with E-state index in [1.165, 1.54) is 19.2 Å². The average Bonchev–Trinajstić information content (AvgIpc) is 2.46. The van der Waals surface area contributed by atoms with E-state index in [0.29, 0.717) is 19.3 Å². The Balaban J connectivity index is 2.93. The molecule has 1 aromatic carbocycles. The van der Waals surface area contributed by atoms with Gasteiger partial charge in [0.2, 0.25) is 10.0 Å². The third-order valence-corrected chi connectivity index (χ3v) is 4.19. The number of sulfonamides is 1. The summed E-state index contributed by atoms with van der Waals surface area (Å²) in [6, 6.07) is 5.60. The molecule has 1 rings (SSSR count). The fourth-order valence-corrected chi connectivity index (χ4v) is 2.90. The van der Waals surface area contributed by atoms with Crippen molar-refractivity contribution in [2.75, 3.05) is 13.7 Å². The molecule has 0 amide bonds. The van der Waals surface area contributed by atoms with Crippen LogP contribution in [0.4, 0.5) is 0 Å². The normalized spacial score (nSPS) is 10.9. The van der Waals surface area contributed by atoms with Crippen molar-refractivity contribution < 1.29 is 23.1 Å². The zero-order valence-corrected chi connectivity index (χ0v) is 12.3. The highest BCUT2D eigenvalue weighted by molar-refractivity contribution is 7.89. The minimum absolute atomic E-state index is 0.0736. The number of aromatic carboxylic acids is 1. The van der Waals surface area contributed by atoms with Crippen LogP contribution in [-0.4, -0.2) is 33.1 Å². The Hall–Kier alpha value is -2.11. The minimum Gasteiger partial charge on any atom is -0.495 e. The highest BCUT2D eigenvalue weighted by Gasteiger charge is 2.21. The molecule has 114 valence electrons. The van der Waals surface area contributed by atoms with Crippen molar-refractivity contribution in [1.29, 1.82) is 5.26 Å². The van der Waals surface area contributed by atoms with Crippen LogP contribution in [0, 0.1) is 11.3 Å². The zero-order chi connectivity index (χ0) is 15.9. The largest absolute Gasteiger partial charge is 0.495 e. The maximum Gasteiger partial charge on any atom is 0.335 e. The number of rotatable bonds is 8. The standard InChI is InChI=1S/C13H16N2O5S/c1-20-11-6-5-10(13(16)17)9-12(11)21(18,19)15-8-4-2-3-7-14/h5-6,9,15H,2-4,8H2,1H3,(H,16,17). The average molecular weight is 312 g/mol. The Morgan fingerprint density at radius 2 is 2.14 bits per heavy atom. The first-order chi connectivity index (χ1) is 9.92. The summed E-state index contributed by atoms with van der Waals surface area (Å²) in [6.07, 6.45) is 1.47. The van der Waals surface area contributed by atoms with Crippen LogP contribution in [0.5, 0.6) is 5.75 Å². The van der Waals surface area contributed by atoms with Crippen molar-refractivity contribution in [3.05, 3.63) is 23.8 Å². The summed E-state index contributed by atoms with van der Waals surface area (Å²) < 4.78 is 31.7. The molecular weight excluding hydrogens is 296 g/mol. The van der Waals surface area contributed by atoms with Crippen molar-refractivity contribution >= 4 is 16.0 Å². The second kappa shape index (κ2) is 7.61. The van der Waals surface area contributed by atoms with Crippen LogP contribution in [0.3, 0.4) is 0 Å². The van der Waals surface area contributed by atoms with E-state index < -0.39 is 16.0 Å². The van der Waals surface area contributed by atoms with Crippen molar-refractivity contribution in [2.24, 2.45) is 0 Å². The van der Waals surface area contributed by atoms with Crippen LogP contribution in [0.2, 0.25) is 0 Å². The first kappa shape index (κ1) is 16.9. The van der Waals surface area contributed by atoms with Gasteiger partial charge in [-0.15, -0.1) is 0 Å². The predicted molar refractivity (Wildman–Crippen MR) is 74.6 cm³/mol. The highest BCUT2D eigenvalue weighted by atomic mass is 32.2. The van der Waals surface area contributed by atoms with Gasteiger partial charge >= 0.3 is 5.97 Å². The van der Waals surface area contributed by atoms with Crippen molar-refractivity contribution in [3.8, 4) is 11.8 Å². The second-order valence-electron chi connectivity index (χ2n) is 4.18. The summed E-state index contributed by atoms with van der Waals surface area (Å²) in [4.78, 5) is 10.7. The van der Waals surface area contributed by atoms with Gasteiger partial charge in [-0.1, -0.05) is 0 Å². The lowest BCUT2D eigenvalue weighted by Gasteiger charge is -2.11. The number of nitrogens with one attached hydrogen (secondary N) is 1. The van der Waals surface area contributed by atoms with Gasteiger partial charge in [0, 0.05) is 13.0 Å². The summed E-state index contributed by atoms with van der Waals surface area (Å²) in [6.45, 7) is 0.171. The zero-order valence-electron chi connectivity index (χ0n) is 11.5. The molecule has 0 aliphatic rings. The first-order valence-corrected chi connectivity index (χ1v) is 7.68. The van der Waals surface area contributed by atoms with Crippen LogP contribution >= 0.6 is 0 Å². The number of carboxylic acid groups (broad SMARTS) is 1. The number of nitrogens with zero attached hydrogens (tertiary/aromatic N) is 1. The Bertz CT molecular complexity index is 649. The van der Waals surface area contributed by atoms with Gasteiger partial charge in [0.1, 0.15) is 10.6 Å². The van der Waals surface area contributed by atoms with Gasteiger partial charge in [0.05, 0.1) is 18.7 Å². The molecule has 0 aromatic heterocycles. The maximum atomic E-state index is 12.2. The van der Waals surface area contributed by atoms with Crippen LogP contribution in [0.15, 0.2) is 23.1 Å². The number of nitriles is 1. The minimum atomic E-state index is -3.87. The highest BCUT2D eigenvalue weighted by Crippen LogP contribution is 2.24. The van der Waals surface area contributed by atoms with Crippen molar-refractivity contribution in [3.63, 3.8) is 0 Å². The summed E-state index contributed by atoms with van der Waals surface area (Å²) >= 11 is 0. The molecule has 0 saturated carbocycles. The summed E-state index contributed by atoms with van der Waals surface area (Å²) in [5.41, 5.74) is -0.138. The monoisotopic (exact) mass is 312 g/mol. The smallest absolute Gasteiger partial charge is 0.335 e. The molecule has 8 heteroatoms. The lowest BCUT2D eigenvalue weighted by molar-refractivity contribution is 0.0696. The van der Waals surface area contributed by atoms with Crippen LogP contribution in [0.1, 0.15) is 29.6 Å². The summed E-state index contributed by atoms with van der Waals surface area (Å²) in [5.74, 6) is -1.15. The van der Waals surface area contributed by atoms with Gasteiger partial charge in [-0.2, -0.15) is 5.26 Å². The third kappa shape index (κ3) is 4.73. The van der Waals surface area contributed by atoms with E-state index in [4.69, 9.17) is 15.1 Å². The molecular formula is C13H16N2O5S. The number of carboxylic acids is 1. The Labute approximate surface area is 123 Å². The second-order valence-corrected chi connectivity index (χ2v) is 5.92. The van der Waals surface area contributed by atoms with Gasteiger partial charge in [0.15, 0.2) is 0 Å². The number of benzene rings is 1. The van der Waals surface area contributed by atoms with Crippen LogP contribution < -0.4 is 9.46 Å². The number of carbonyl (C=O) groups is 1. The van der Waals surface area contributed by atoms with E-state index in [2.05, 4.69) is 4.72 Å². The molecule has 0 atom stereocenters. The van der Waals surface area contributed by atoms with Crippen LogP contribution in [-0.2, 0) is 10.0 Å². The van der Waals surface area contributed by atoms with E-state index in [-0.39, 0.29) is 22.8 Å². The maximum absolute atomic E-state index is 12.2. The van der Waals surface area contributed by atoms with E-state index in [9.17, 15) is 13.2 Å². The molecule has 0 heterocycles. The van der Waals surface area contributed by atoms with Crippen LogP contribution in [0.25, 0.3) is 0 Å². The number of hydrogen-bond donors (Lipinski definition) is 2. The third-order valence-electron chi connectivity index (χ3n) is 2.71. The van der Waals surface area contributed by atoms with Gasteiger partial charge in [0.25, 0.3) is 0 Å². The van der Waals surface area contributed by atoms with E-state index in [0.717, 1.165) is 6.07 Å². The molecule has 0 unspecified atom stereocenters. The van der Waals surface area contributed by atoms with Gasteiger partial charge in [-0.25, -0.2) is 17.9 Å². The van der Waals surface area contributed by atoms with Gasteiger partial charge < -0.3 is 9.84 Å². The van der Waals surface area contributed by atoms with Gasteiger partial charge in [-0.3, -0.25) is 0 Å². The van der Waals surface area contributed by atoms with E-state index >= 15 is 0 Å². The summed E-state index contributed by atoms with van der Waals surface area (Å²) in [7, 11) is -2.56. The summed E-state index contributed by atoms with van der Waals surface area (Å²) in [5, 5.41) is 17.3. The molecule has 0 aliphatic carbocycles. The topological polar surface area (TPSA) is 116 Å². The molecule has 0 saturated heterocycles. The molecule has 2 N–H and O–H groups in total. The lowest BCUT2D eigenvalue weighted by Crippen LogP contribution is -2.25. The quantitative estimate of drug-likeness (QED) is 0.700. The molecule has 7 nitrogen and oxygen atoms in total. The number of hydrogen-bond acceptors (Lipinski definition) is 5. The molecule has 0 aliphatic heterocycles. The molecule has 21 heavy (non-hydrogen) atoms. The van der Waals surface area contributed by atoms with Crippen molar-refractivity contribution in [1.82, 2.24) is 4.72 Å². The molecule has 0 fully saturated rings. The molecule has 1 aromatic rings. The molecule has 0 spiro atoms. The SMILES string of the molecule is COc1ccc(C(=O)O)cc1S(=O)(=O)NCCCCC#N. The first-order valence-electron chi connectivity index (χ1n) is 6.20. The lowest BCUT2D eigenvalue weighted by atomic mass is 10.2. The van der Waals surface area contributed by atoms with E-state index in [1.54, 1.807) is 0 Å². The fraction of sp³-hybridized carbons (Fsp3) is 0.385. The number of ether oxygens (including phenoxy) is 1. The molecule has 0 bridgehead atoms. The van der Waals surface area contributed by atoms with E-state index in [1.807, 2.05) is 6.07 Å². The number of unbranched alkanes of at least 4 members (excludes halogenated alkanes) is 2. The number of methoxy groups -OCH3 is 1. The molecule has 0 radical (unpaired) electrons. The Kier molecular flexibility index (Phi) is 6.14. The Morgan fingerprint density at radius 3 is 2.71 bits per heavy atom.